The van der Waals surface area contributed by atoms with Crippen molar-refractivity contribution in [2.45, 2.75) is 38.1 Å². The average molecular weight is 435 g/mol. The third-order valence-corrected chi connectivity index (χ3v) is 7.30. The van der Waals surface area contributed by atoms with Crippen LogP contribution in [0.5, 0.6) is 5.75 Å². The second-order valence-electron chi connectivity index (χ2n) is 8.79. The number of halogens is 1. The molecule has 3 aliphatic rings. The summed E-state index contributed by atoms with van der Waals surface area (Å²) in [6, 6.07) is 6.68. The third-order valence-electron chi connectivity index (χ3n) is 6.99. The van der Waals surface area contributed by atoms with Crippen LogP contribution in [0.2, 0.25) is 5.02 Å². The SMILES string of the molecule is COc1cc(N2CCN(CC(=O)N3CCN(C4CCCCC4)CC3)CC2)ccc1Cl. The van der Waals surface area contributed by atoms with E-state index in [4.69, 9.17) is 16.3 Å². The second kappa shape index (κ2) is 10.2. The summed E-state index contributed by atoms with van der Waals surface area (Å²) in [5.41, 5.74) is 1.13. The molecule has 1 aromatic carbocycles. The molecule has 1 saturated carbocycles. The number of nitrogens with zero attached hydrogens (tertiary/aromatic N) is 4. The molecule has 0 radical (unpaired) electrons. The van der Waals surface area contributed by atoms with Crippen LogP contribution < -0.4 is 9.64 Å². The van der Waals surface area contributed by atoms with Crippen molar-refractivity contribution in [3.05, 3.63) is 23.2 Å². The van der Waals surface area contributed by atoms with Gasteiger partial charge in [0.2, 0.25) is 5.91 Å². The lowest BCUT2D eigenvalue weighted by molar-refractivity contribution is -0.134. The van der Waals surface area contributed by atoms with E-state index in [9.17, 15) is 4.79 Å². The highest BCUT2D eigenvalue weighted by Gasteiger charge is 2.28. The van der Waals surface area contributed by atoms with E-state index in [1.54, 1.807) is 7.11 Å². The van der Waals surface area contributed by atoms with Gasteiger partial charge in [0.1, 0.15) is 5.75 Å². The smallest absolute Gasteiger partial charge is 0.236 e. The Morgan fingerprint density at radius 3 is 2.37 bits per heavy atom. The Hall–Kier alpha value is -1.50. The summed E-state index contributed by atoms with van der Waals surface area (Å²) < 4.78 is 5.34. The molecular formula is C23H35ClN4O2. The van der Waals surface area contributed by atoms with E-state index in [2.05, 4.69) is 19.6 Å². The van der Waals surface area contributed by atoms with E-state index in [0.717, 1.165) is 64.1 Å². The molecule has 0 atom stereocenters. The minimum atomic E-state index is 0.292. The summed E-state index contributed by atoms with van der Waals surface area (Å²) in [5.74, 6) is 0.999. The van der Waals surface area contributed by atoms with Crippen LogP contribution in [0.3, 0.4) is 0 Å². The lowest BCUT2D eigenvalue weighted by Gasteiger charge is -2.41. The van der Waals surface area contributed by atoms with E-state index in [0.29, 0.717) is 23.2 Å². The third kappa shape index (κ3) is 5.21. The van der Waals surface area contributed by atoms with E-state index in [-0.39, 0.29) is 0 Å². The summed E-state index contributed by atoms with van der Waals surface area (Å²) in [5, 5.41) is 0.633. The highest BCUT2D eigenvalue weighted by Crippen LogP contribution is 2.30. The van der Waals surface area contributed by atoms with Crippen LogP contribution in [0.1, 0.15) is 32.1 Å². The Morgan fingerprint density at radius 1 is 1.00 bits per heavy atom. The lowest BCUT2D eigenvalue weighted by Crippen LogP contribution is -2.55. The zero-order valence-corrected chi connectivity index (χ0v) is 18.9. The van der Waals surface area contributed by atoms with Gasteiger partial charge >= 0.3 is 0 Å². The Bertz CT molecular complexity index is 709. The van der Waals surface area contributed by atoms with E-state index in [1.807, 2.05) is 18.2 Å². The van der Waals surface area contributed by atoms with Crippen molar-refractivity contribution in [3.63, 3.8) is 0 Å². The maximum Gasteiger partial charge on any atom is 0.236 e. The van der Waals surface area contributed by atoms with Crippen LogP contribution in [0.4, 0.5) is 5.69 Å². The zero-order chi connectivity index (χ0) is 20.9. The number of hydrogen-bond donors (Lipinski definition) is 0. The van der Waals surface area contributed by atoms with Gasteiger partial charge in [-0.1, -0.05) is 30.9 Å². The molecule has 1 amide bonds. The van der Waals surface area contributed by atoms with Crippen molar-refractivity contribution >= 4 is 23.2 Å². The molecule has 0 aromatic heterocycles. The van der Waals surface area contributed by atoms with Gasteiger partial charge in [0, 0.05) is 70.2 Å². The molecule has 4 rings (SSSR count). The van der Waals surface area contributed by atoms with Crippen molar-refractivity contribution in [1.29, 1.82) is 0 Å². The van der Waals surface area contributed by atoms with Gasteiger partial charge < -0.3 is 14.5 Å². The standard InChI is InChI=1S/C23H35ClN4O2/c1-30-22-17-20(7-8-21(22)24)27-11-9-25(10-12-27)18-23(29)28-15-13-26(14-16-28)19-5-3-2-4-6-19/h7-8,17,19H,2-6,9-16,18H2,1H3. The van der Waals surface area contributed by atoms with Crippen LogP contribution in [0, 0.1) is 0 Å². The van der Waals surface area contributed by atoms with Crippen LogP contribution in [0.15, 0.2) is 18.2 Å². The number of piperazine rings is 2. The van der Waals surface area contributed by atoms with Crippen molar-refractivity contribution in [2.75, 3.05) is 70.9 Å². The van der Waals surface area contributed by atoms with Crippen LogP contribution in [0.25, 0.3) is 0 Å². The fraction of sp³-hybridized carbons (Fsp3) is 0.696. The molecule has 3 fully saturated rings. The van der Waals surface area contributed by atoms with Gasteiger partial charge in [0.15, 0.2) is 0 Å². The molecule has 1 aromatic rings. The number of anilines is 1. The predicted octanol–water partition coefficient (Wildman–Crippen LogP) is 2.95. The number of carbonyl (C=O) groups excluding carboxylic acids is 1. The van der Waals surface area contributed by atoms with E-state index >= 15 is 0 Å². The maximum atomic E-state index is 12.8. The number of carbonyl (C=O) groups is 1. The number of methoxy groups -OCH3 is 1. The molecule has 30 heavy (non-hydrogen) atoms. The molecular weight excluding hydrogens is 400 g/mol. The monoisotopic (exact) mass is 434 g/mol. The van der Waals surface area contributed by atoms with Gasteiger partial charge in [-0.3, -0.25) is 14.6 Å². The number of ether oxygens (including phenoxy) is 1. The highest BCUT2D eigenvalue weighted by molar-refractivity contribution is 6.32. The summed E-state index contributed by atoms with van der Waals surface area (Å²) in [7, 11) is 1.64. The summed E-state index contributed by atoms with van der Waals surface area (Å²) in [4.78, 5) is 22.2. The Kier molecular flexibility index (Phi) is 7.39. The average Bonchev–Trinajstić information content (AvgIpc) is 2.80. The Morgan fingerprint density at radius 2 is 1.70 bits per heavy atom. The number of amides is 1. The first-order valence-electron chi connectivity index (χ1n) is 11.5. The van der Waals surface area contributed by atoms with Crippen molar-refractivity contribution in [3.8, 4) is 5.75 Å². The van der Waals surface area contributed by atoms with Crippen LogP contribution in [-0.2, 0) is 4.79 Å². The summed E-state index contributed by atoms with van der Waals surface area (Å²) in [6.45, 7) is 8.03. The minimum absolute atomic E-state index is 0.292. The Labute approximate surface area is 185 Å². The summed E-state index contributed by atoms with van der Waals surface area (Å²) in [6.07, 6.45) is 6.83. The maximum absolute atomic E-state index is 12.8. The van der Waals surface area contributed by atoms with Gasteiger partial charge in [-0.25, -0.2) is 0 Å². The van der Waals surface area contributed by atoms with E-state index < -0.39 is 0 Å². The normalized spacial score (nSPS) is 22.3. The van der Waals surface area contributed by atoms with Crippen molar-refractivity contribution in [1.82, 2.24) is 14.7 Å². The molecule has 0 unspecified atom stereocenters. The molecule has 2 aliphatic heterocycles. The molecule has 0 N–H and O–H groups in total. The fourth-order valence-corrected chi connectivity index (χ4v) is 5.28. The molecule has 0 bridgehead atoms. The zero-order valence-electron chi connectivity index (χ0n) is 18.2. The summed E-state index contributed by atoms with van der Waals surface area (Å²) >= 11 is 6.15. The van der Waals surface area contributed by atoms with Gasteiger partial charge in [0.25, 0.3) is 0 Å². The predicted molar refractivity (Wildman–Crippen MR) is 122 cm³/mol. The molecule has 6 nitrogen and oxygen atoms in total. The molecule has 0 spiro atoms. The van der Waals surface area contributed by atoms with Crippen molar-refractivity contribution in [2.24, 2.45) is 0 Å². The lowest BCUT2D eigenvalue weighted by atomic mass is 9.94. The molecule has 7 heteroatoms. The number of hydrogen-bond acceptors (Lipinski definition) is 5. The first-order chi connectivity index (χ1) is 14.6. The quantitative estimate of drug-likeness (QED) is 0.712. The van der Waals surface area contributed by atoms with Gasteiger partial charge in [-0.05, 0) is 25.0 Å². The fourth-order valence-electron chi connectivity index (χ4n) is 5.08. The van der Waals surface area contributed by atoms with Crippen LogP contribution in [-0.4, -0.2) is 92.7 Å². The number of benzene rings is 1. The molecule has 166 valence electrons. The molecule has 2 saturated heterocycles. The van der Waals surface area contributed by atoms with Gasteiger partial charge in [-0.15, -0.1) is 0 Å². The van der Waals surface area contributed by atoms with Crippen LogP contribution >= 0.6 is 11.6 Å². The largest absolute Gasteiger partial charge is 0.495 e. The van der Waals surface area contributed by atoms with E-state index in [1.165, 1.54) is 32.1 Å². The molecule has 2 heterocycles. The number of rotatable bonds is 5. The first kappa shape index (κ1) is 21.7. The molecule has 1 aliphatic carbocycles. The first-order valence-corrected chi connectivity index (χ1v) is 11.8. The van der Waals surface area contributed by atoms with Gasteiger partial charge in [-0.2, -0.15) is 0 Å². The highest BCUT2D eigenvalue weighted by atomic mass is 35.5. The van der Waals surface area contributed by atoms with Crippen molar-refractivity contribution < 1.29 is 9.53 Å². The topological polar surface area (TPSA) is 39.3 Å². The van der Waals surface area contributed by atoms with Gasteiger partial charge in [0.05, 0.1) is 18.7 Å². The second-order valence-corrected chi connectivity index (χ2v) is 9.20. The Balaban J connectivity index is 1.21. The minimum Gasteiger partial charge on any atom is -0.495 e.